The summed E-state index contributed by atoms with van der Waals surface area (Å²) in [5.41, 5.74) is 2.43. The van der Waals surface area contributed by atoms with Crippen molar-refractivity contribution in [3.63, 3.8) is 0 Å². The quantitative estimate of drug-likeness (QED) is 0.848. The lowest BCUT2D eigenvalue weighted by Gasteiger charge is -2.34. The lowest BCUT2D eigenvalue weighted by molar-refractivity contribution is 0.199. The number of para-hydroxylation sites is 1. The van der Waals surface area contributed by atoms with Gasteiger partial charge in [-0.15, -0.1) is 11.3 Å². The van der Waals surface area contributed by atoms with Crippen LogP contribution in [0.1, 0.15) is 11.1 Å². The molecule has 1 aliphatic heterocycles. The van der Waals surface area contributed by atoms with Gasteiger partial charge < -0.3 is 9.64 Å². The predicted molar refractivity (Wildman–Crippen MR) is 92.2 cm³/mol. The second-order valence-corrected chi connectivity index (χ2v) is 6.59. The van der Waals surface area contributed by atoms with E-state index in [1.807, 2.05) is 11.6 Å². The van der Waals surface area contributed by atoms with E-state index in [-0.39, 0.29) is 0 Å². The van der Waals surface area contributed by atoms with E-state index in [9.17, 15) is 0 Å². The Balaban J connectivity index is 1.44. The number of hydrogen-bond donors (Lipinski definition) is 0. The van der Waals surface area contributed by atoms with Crippen LogP contribution in [0.2, 0.25) is 0 Å². The average Bonchev–Trinajstić information content (AvgIpc) is 3.05. The van der Waals surface area contributed by atoms with Crippen molar-refractivity contribution >= 4 is 16.5 Å². The summed E-state index contributed by atoms with van der Waals surface area (Å²) in [7, 11) is 0. The molecule has 0 saturated carbocycles. The first kappa shape index (κ1) is 15.3. The summed E-state index contributed by atoms with van der Waals surface area (Å²) in [4.78, 5) is 9.23. The summed E-state index contributed by atoms with van der Waals surface area (Å²) in [5, 5.41) is 3.19. The molecule has 0 radical (unpaired) electrons. The minimum absolute atomic E-state index is 0.753. The smallest absolute Gasteiger partial charge is 0.185 e. The molecule has 1 aliphatic rings. The minimum Gasteiger partial charge on any atom is -0.492 e. The predicted octanol–water partition coefficient (Wildman–Crippen LogP) is 2.96. The van der Waals surface area contributed by atoms with Gasteiger partial charge in [0.25, 0.3) is 0 Å². The molecule has 22 heavy (non-hydrogen) atoms. The zero-order valence-electron chi connectivity index (χ0n) is 13.3. The van der Waals surface area contributed by atoms with Gasteiger partial charge in [0.1, 0.15) is 12.4 Å². The van der Waals surface area contributed by atoms with Crippen LogP contribution in [0, 0.1) is 13.8 Å². The average molecular weight is 317 g/mol. The first-order chi connectivity index (χ1) is 10.7. The van der Waals surface area contributed by atoms with E-state index in [0.717, 1.165) is 50.2 Å². The van der Waals surface area contributed by atoms with Gasteiger partial charge in [-0.2, -0.15) is 0 Å². The van der Waals surface area contributed by atoms with Crippen LogP contribution < -0.4 is 9.64 Å². The number of rotatable bonds is 5. The molecule has 118 valence electrons. The number of thiazole rings is 1. The number of aryl methyl sites for hydroxylation is 2. The first-order valence-corrected chi connectivity index (χ1v) is 8.68. The molecule has 0 spiro atoms. The SMILES string of the molecule is Cc1cccc(C)c1OCCN1CCN(c2nccs2)CC1. The maximum atomic E-state index is 6.00. The fraction of sp³-hybridized carbons (Fsp3) is 0.471. The third kappa shape index (κ3) is 3.59. The third-order valence-electron chi connectivity index (χ3n) is 4.12. The highest BCUT2D eigenvalue weighted by Crippen LogP contribution is 2.22. The van der Waals surface area contributed by atoms with Crippen LogP contribution in [0.3, 0.4) is 0 Å². The minimum atomic E-state index is 0.753. The molecule has 3 rings (SSSR count). The lowest BCUT2D eigenvalue weighted by Crippen LogP contribution is -2.47. The summed E-state index contributed by atoms with van der Waals surface area (Å²) < 4.78 is 6.00. The second kappa shape index (κ2) is 7.11. The van der Waals surface area contributed by atoms with E-state index in [1.165, 1.54) is 11.1 Å². The summed E-state index contributed by atoms with van der Waals surface area (Å²) in [6, 6.07) is 6.29. The van der Waals surface area contributed by atoms with Crippen LogP contribution in [0.5, 0.6) is 5.75 Å². The van der Waals surface area contributed by atoms with Crippen LogP contribution in [0.25, 0.3) is 0 Å². The maximum Gasteiger partial charge on any atom is 0.185 e. The molecular weight excluding hydrogens is 294 g/mol. The fourth-order valence-corrected chi connectivity index (χ4v) is 3.54. The highest BCUT2D eigenvalue weighted by molar-refractivity contribution is 7.13. The van der Waals surface area contributed by atoms with E-state index in [1.54, 1.807) is 11.3 Å². The van der Waals surface area contributed by atoms with E-state index >= 15 is 0 Å². The summed E-state index contributed by atoms with van der Waals surface area (Å²) in [6.45, 7) is 10.2. The number of benzene rings is 1. The third-order valence-corrected chi connectivity index (χ3v) is 4.96. The van der Waals surface area contributed by atoms with Crippen molar-refractivity contribution < 1.29 is 4.74 Å². The van der Waals surface area contributed by atoms with Crippen molar-refractivity contribution in [2.75, 3.05) is 44.2 Å². The molecule has 0 unspecified atom stereocenters. The van der Waals surface area contributed by atoms with Crippen LogP contribution in [-0.4, -0.2) is 49.2 Å². The molecule has 1 fully saturated rings. The molecule has 0 atom stereocenters. The summed E-state index contributed by atoms with van der Waals surface area (Å²) in [5.74, 6) is 1.05. The van der Waals surface area contributed by atoms with Gasteiger partial charge in [-0.05, 0) is 25.0 Å². The summed E-state index contributed by atoms with van der Waals surface area (Å²) in [6.07, 6.45) is 1.88. The second-order valence-electron chi connectivity index (χ2n) is 5.71. The van der Waals surface area contributed by atoms with Crippen molar-refractivity contribution in [3.05, 3.63) is 40.9 Å². The van der Waals surface area contributed by atoms with Crippen LogP contribution in [-0.2, 0) is 0 Å². The fourth-order valence-electron chi connectivity index (χ4n) is 2.84. The monoisotopic (exact) mass is 317 g/mol. The molecule has 1 saturated heterocycles. The largest absolute Gasteiger partial charge is 0.492 e. The topological polar surface area (TPSA) is 28.6 Å². The molecule has 4 nitrogen and oxygen atoms in total. The molecule has 0 aliphatic carbocycles. The van der Waals surface area contributed by atoms with Crippen molar-refractivity contribution in [2.45, 2.75) is 13.8 Å². The molecule has 1 aromatic heterocycles. The van der Waals surface area contributed by atoms with Crippen molar-refractivity contribution in [1.82, 2.24) is 9.88 Å². The number of aromatic nitrogens is 1. The van der Waals surface area contributed by atoms with Gasteiger partial charge in [0.2, 0.25) is 0 Å². The van der Waals surface area contributed by atoms with E-state index in [0.29, 0.717) is 0 Å². The Bertz CT molecular complexity index is 572. The van der Waals surface area contributed by atoms with E-state index in [4.69, 9.17) is 4.74 Å². The van der Waals surface area contributed by atoms with E-state index < -0.39 is 0 Å². The molecule has 5 heteroatoms. The van der Waals surface area contributed by atoms with Gasteiger partial charge >= 0.3 is 0 Å². The van der Waals surface area contributed by atoms with Gasteiger partial charge in [0, 0.05) is 44.3 Å². The number of nitrogens with zero attached hydrogens (tertiary/aromatic N) is 3. The Kier molecular flexibility index (Phi) is 4.95. The van der Waals surface area contributed by atoms with Crippen LogP contribution in [0.4, 0.5) is 5.13 Å². The number of piperazine rings is 1. The van der Waals surface area contributed by atoms with E-state index in [2.05, 4.69) is 46.8 Å². The van der Waals surface area contributed by atoms with Crippen LogP contribution >= 0.6 is 11.3 Å². The van der Waals surface area contributed by atoms with Gasteiger partial charge in [0.05, 0.1) is 0 Å². The first-order valence-electron chi connectivity index (χ1n) is 7.80. The lowest BCUT2D eigenvalue weighted by atomic mass is 10.1. The van der Waals surface area contributed by atoms with Crippen LogP contribution in [0.15, 0.2) is 29.8 Å². The molecule has 2 heterocycles. The van der Waals surface area contributed by atoms with Crippen molar-refractivity contribution in [2.24, 2.45) is 0 Å². The highest BCUT2D eigenvalue weighted by atomic mass is 32.1. The zero-order chi connectivity index (χ0) is 15.4. The molecule has 1 aromatic carbocycles. The Hall–Kier alpha value is -1.59. The Labute approximate surface area is 136 Å². The van der Waals surface area contributed by atoms with Gasteiger partial charge in [-0.1, -0.05) is 18.2 Å². The Morgan fingerprint density at radius 3 is 2.50 bits per heavy atom. The normalized spacial score (nSPS) is 16.0. The summed E-state index contributed by atoms with van der Waals surface area (Å²) >= 11 is 1.72. The Morgan fingerprint density at radius 1 is 1.14 bits per heavy atom. The molecular formula is C17H23N3OS. The van der Waals surface area contributed by atoms with Crippen molar-refractivity contribution in [3.8, 4) is 5.75 Å². The van der Waals surface area contributed by atoms with Gasteiger partial charge in [-0.3, -0.25) is 4.90 Å². The van der Waals surface area contributed by atoms with Crippen molar-refractivity contribution in [1.29, 1.82) is 0 Å². The number of ether oxygens (including phenoxy) is 1. The Morgan fingerprint density at radius 2 is 1.86 bits per heavy atom. The van der Waals surface area contributed by atoms with Gasteiger partial charge in [0.15, 0.2) is 5.13 Å². The zero-order valence-corrected chi connectivity index (χ0v) is 14.1. The number of hydrogen-bond acceptors (Lipinski definition) is 5. The highest BCUT2D eigenvalue weighted by Gasteiger charge is 2.18. The molecule has 0 amide bonds. The molecule has 0 N–H and O–H groups in total. The van der Waals surface area contributed by atoms with Gasteiger partial charge in [-0.25, -0.2) is 4.98 Å². The molecule has 2 aromatic rings. The maximum absolute atomic E-state index is 6.00. The standard InChI is InChI=1S/C17H23N3OS/c1-14-4-3-5-15(2)16(14)21-12-11-19-7-9-20(10-8-19)17-18-6-13-22-17/h3-6,13H,7-12H2,1-2H3. The molecule has 0 bridgehead atoms. The number of anilines is 1.